The summed E-state index contributed by atoms with van der Waals surface area (Å²) in [7, 11) is 1.75. The van der Waals surface area contributed by atoms with Crippen molar-refractivity contribution in [3.8, 4) is 0 Å². The predicted molar refractivity (Wildman–Crippen MR) is 100 cm³/mol. The predicted octanol–water partition coefficient (Wildman–Crippen LogP) is 1.32. The van der Waals surface area contributed by atoms with Crippen LogP contribution in [-0.2, 0) is 18.7 Å². The number of esters is 1. The van der Waals surface area contributed by atoms with Gasteiger partial charge in [0.05, 0.1) is 13.1 Å². The first kappa shape index (κ1) is 23.9. The van der Waals surface area contributed by atoms with Gasteiger partial charge in [0.15, 0.2) is 8.32 Å². The van der Waals surface area contributed by atoms with Crippen molar-refractivity contribution in [2.75, 3.05) is 47.0 Å². The van der Waals surface area contributed by atoms with E-state index in [1.807, 2.05) is 0 Å². The van der Waals surface area contributed by atoms with Crippen molar-refractivity contribution in [3.63, 3.8) is 0 Å². The molecule has 0 saturated carbocycles. The minimum Gasteiger partial charge on any atom is -0.461 e. The number of likely N-dealkylation sites (N-methyl/N-ethyl adjacent to an activating group) is 1. The summed E-state index contributed by atoms with van der Waals surface area (Å²) in [6.45, 7) is 8.59. The highest BCUT2D eigenvalue weighted by molar-refractivity contribution is 6.71. The Morgan fingerprint density at radius 2 is 1.81 bits per heavy atom. The van der Waals surface area contributed by atoms with Crippen molar-refractivity contribution < 1.29 is 28.3 Å². The second-order valence-electron chi connectivity index (χ2n) is 6.16. The van der Waals surface area contributed by atoms with Crippen molar-refractivity contribution in [1.82, 2.24) is 15.5 Å². The Balaban J connectivity index is 3.75. The molecule has 150 valence electrons. The minimum atomic E-state index is -1.59. The van der Waals surface area contributed by atoms with E-state index in [2.05, 4.69) is 30.3 Å². The topological polar surface area (TPSA) is 106 Å². The standard InChI is InChI=1S/C16H31N3O6Si/c1-6-14(20)24-11-9-18-16(22)25-12-10-19(2)15(21)17-8-7-13-26(4,5)23-3/h6H,1,7-13H2,2-5H3,(H,17,21)(H,18,22). The number of amides is 3. The number of hydrogen-bond donors (Lipinski definition) is 2. The molecule has 26 heavy (non-hydrogen) atoms. The Bertz CT molecular complexity index is 473. The van der Waals surface area contributed by atoms with Crippen molar-refractivity contribution in [3.05, 3.63) is 12.7 Å². The van der Waals surface area contributed by atoms with Crippen LogP contribution >= 0.6 is 0 Å². The SMILES string of the molecule is C=CC(=O)OCCNC(=O)OCCN(C)C(=O)NCCC[Si](C)(C)OC. The lowest BCUT2D eigenvalue weighted by Gasteiger charge is -2.21. The van der Waals surface area contributed by atoms with Crippen molar-refractivity contribution in [2.24, 2.45) is 0 Å². The van der Waals surface area contributed by atoms with E-state index in [-0.39, 0.29) is 32.3 Å². The first-order valence-corrected chi connectivity index (χ1v) is 11.6. The van der Waals surface area contributed by atoms with E-state index in [0.717, 1.165) is 18.5 Å². The molecule has 0 bridgehead atoms. The van der Waals surface area contributed by atoms with E-state index in [1.165, 1.54) is 4.90 Å². The maximum atomic E-state index is 11.9. The lowest BCUT2D eigenvalue weighted by atomic mass is 10.5. The van der Waals surface area contributed by atoms with E-state index in [1.54, 1.807) is 14.2 Å². The molecule has 0 aromatic heterocycles. The summed E-state index contributed by atoms with van der Waals surface area (Å²) < 4.78 is 15.1. The highest BCUT2D eigenvalue weighted by atomic mass is 28.4. The average molecular weight is 390 g/mol. The fraction of sp³-hybridized carbons (Fsp3) is 0.688. The number of nitrogens with zero attached hydrogens (tertiary/aromatic N) is 1. The molecule has 0 aromatic carbocycles. The van der Waals surface area contributed by atoms with Gasteiger partial charge in [0.25, 0.3) is 0 Å². The zero-order chi connectivity index (χ0) is 20.0. The van der Waals surface area contributed by atoms with Gasteiger partial charge in [0.2, 0.25) is 0 Å². The number of urea groups is 1. The normalized spacial score (nSPS) is 10.6. The van der Waals surface area contributed by atoms with Gasteiger partial charge in [-0.15, -0.1) is 0 Å². The van der Waals surface area contributed by atoms with E-state index >= 15 is 0 Å². The molecule has 0 heterocycles. The van der Waals surface area contributed by atoms with Crippen LogP contribution in [0, 0.1) is 0 Å². The first-order chi connectivity index (χ1) is 12.2. The molecule has 0 atom stereocenters. The summed E-state index contributed by atoms with van der Waals surface area (Å²) in [6, 6.07) is 0.751. The quantitative estimate of drug-likeness (QED) is 0.226. The zero-order valence-corrected chi connectivity index (χ0v) is 17.1. The van der Waals surface area contributed by atoms with Gasteiger partial charge in [-0.25, -0.2) is 14.4 Å². The Labute approximate surface area is 156 Å². The molecule has 0 radical (unpaired) electrons. The largest absolute Gasteiger partial charge is 0.461 e. The number of alkyl carbamates (subject to hydrolysis) is 1. The smallest absolute Gasteiger partial charge is 0.407 e. The fourth-order valence-corrected chi connectivity index (χ4v) is 2.97. The van der Waals surface area contributed by atoms with Crippen LogP contribution in [0.25, 0.3) is 0 Å². The van der Waals surface area contributed by atoms with Crippen LogP contribution < -0.4 is 10.6 Å². The molecule has 0 aliphatic carbocycles. The molecule has 0 fully saturated rings. The molecule has 10 heteroatoms. The Morgan fingerprint density at radius 1 is 1.12 bits per heavy atom. The molecule has 2 N–H and O–H groups in total. The first-order valence-electron chi connectivity index (χ1n) is 8.45. The third-order valence-corrected chi connectivity index (χ3v) is 6.24. The molecule has 0 aliphatic heterocycles. The van der Waals surface area contributed by atoms with Crippen molar-refractivity contribution in [2.45, 2.75) is 25.6 Å². The van der Waals surface area contributed by atoms with Crippen molar-refractivity contribution >= 4 is 26.4 Å². The highest BCUT2D eigenvalue weighted by Crippen LogP contribution is 2.11. The van der Waals surface area contributed by atoms with Crippen LogP contribution in [0.4, 0.5) is 9.59 Å². The maximum absolute atomic E-state index is 11.9. The zero-order valence-electron chi connectivity index (χ0n) is 16.1. The van der Waals surface area contributed by atoms with Crippen LogP contribution in [0.5, 0.6) is 0 Å². The number of carbonyl (C=O) groups excluding carboxylic acids is 3. The minimum absolute atomic E-state index is 0.0327. The molecule has 0 rings (SSSR count). The van der Waals surface area contributed by atoms with Gasteiger partial charge in [-0.1, -0.05) is 6.58 Å². The molecular formula is C16H31N3O6Si. The summed E-state index contributed by atoms with van der Waals surface area (Å²) in [6.07, 6.45) is 1.27. The summed E-state index contributed by atoms with van der Waals surface area (Å²) in [5, 5.41) is 5.24. The fourth-order valence-electron chi connectivity index (χ4n) is 1.74. The van der Waals surface area contributed by atoms with Gasteiger partial charge in [-0.2, -0.15) is 0 Å². The Morgan fingerprint density at radius 3 is 2.42 bits per heavy atom. The lowest BCUT2D eigenvalue weighted by Crippen LogP contribution is -2.40. The lowest BCUT2D eigenvalue weighted by molar-refractivity contribution is -0.137. The molecule has 3 amide bonds. The highest BCUT2D eigenvalue weighted by Gasteiger charge is 2.19. The third-order valence-electron chi connectivity index (χ3n) is 3.57. The van der Waals surface area contributed by atoms with E-state index in [0.29, 0.717) is 6.54 Å². The van der Waals surface area contributed by atoms with E-state index in [4.69, 9.17) is 13.9 Å². The van der Waals surface area contributed by atoms with Crippen molar-refractivity contribution in [1.29, 1.82) is 0 Å². The van der Waals surface area contributed by atoms with Gasteiger partial charge in [-0.3, -0.25) is 0 Å². The third kappa shape index (κ3) is 12.3. The summed E-state index contributed by atoms with van der Waals surface area (Å²) in [5.41, 5.74) is 0. The van der Waals surface area contributed by atoms with Gasteiger partial charge >= 0.3 is 18.1 Å². The van der Waals surface area contributed by atoms with Gasteiger partial charge in [-0.05, 0) is 25.6 Å². The van der Waals surface area contributed by atoms with Gasteiger partial charge in [0.1, 0.15) is 13.2 Å². The monoisotopic (exact) mass is 389 g/mol. The summed E-state index contributed by atoms with van der Waals surface area (Å²) >= 11 is 0. The molecular weight excluding hydrogens is 358 g/mol. The van der Waals surface area contributed by atoms with Gasteiger partial charge in [0, 0.05) is 26.8 Å². The van der Waals surface area contributed by atoms with Gasteiger partial charge < -0.3 is 29.4 Å². The summed E-state index contributed by atoms with van der Waals surface area (Å²) in [5.74, 6) is -0.555. The molecule has 0 spiro atoms. The van der Waals surface area contributed by atoms with Crippen LogP contribution in [0.15, 0.2) is 12.7 Å². The second-order valence-corrected chi connectivity index (χ2v) is 10.6. The number of hydrogen-bond acceptors (Lipinski definition) is 6. The average Bonchev–Trinajstić information content (AvgIpc) is 2.61. The molecule has 0 aromatic rings. The summed E-state index contributed by atoms with van der Waals surface area (Å²) in [4.78, 5) is 35.6. The van der Waals surface area contributed by atoms with E-state index in [9.17, 15) is 14.4 Å². The number of carbonyl (C=O) groups is 3. The number of ether oxygens (including phenoxy) is 2. The number of rotatable bonds is 12. The van der Waals surface area contributed by atoms with E-state index < -0.39 is 20.4 Å². The van der Waals surface area contributed by atoms with Crippen LogP contribution in [-0.4, -0.2) is 78.3 Å². The number of nitrogens with one attached hydrogen (secondary N) is 2. The Hall–Kier alpha value is -2.07. The Kier molecular flexibility index (Phi) is 12.1. The van der Waals surface area contributed by atoms with Crippen LogP contribution in [0.3, 0.4) is 0 Å². The molecule has 0 unspecified atom stereocenters. The molecule has 0 aliphatic rings. The second kappa shape index (κ2) is 13.2. The maximum Gasteiger partial charge on any atom is 0.407 e. The van der Waals surface area contributed by atoms with Crippen LogP contribution in [0.1, 0.15) is 6.42 Å². The molecule has 9 nitrogen and oxygen atoms in total. The van der Waals surface area contributed by atoms with Crippen LogP contribution in [0.2, 0.25) is 19.1 Å². The molecule has 0 saturated heterocycles.